The topological polar surface area (TPSA) is 53.4 Å². The van der Waals surface area contributed by atoms with E-state index in [4.69, 9.17) is 11.6 Å². The van der Waals surface area contributed by atoms with Gasteiger partial charge in [-0.15, -0.1) is 0 Å². The molecule has 4 nitrogen and oxygen atoms in total. The average molecular weight is 255 g/mol. The lowest BCUT2D eigenvalue weighted by Crippen LogP contribution is -2.32. The lowest BCUT2D eigenvalue weighted by Gasteiger charge is -2.20. The number of nitrogens with zero attached hydrogens (tertiary/aromatic N) is 2. The number of carbonyl (C=O) groups excluding carboxylic acids is 1. The zero-order valence-electron chi connectivity index (χ0n) is 9.47. The van der Waals surface area contributed by atoms with Crippen molar-refractivity contribution in [3.8, 4) is 0 Å². The number of aromatic nitrogens is 1. The van der Waals surface area contributed by atoms with Crippen LogP contribution >= 0.6 is 11.6 Å². The molecule has 0 saturated carbocycles. The van der Waals surface area contributed by atoms with Gasteiger partial charge in [0, 0.05) is 25.5 Å². The van der Waals surface area contributed by atoms with E-state index >= 15 is 0 Å². The van der Waals surface area contributed by atoms with Crippen molar-refractivity contribution in [2.24, 2.45) is 0 Å². The fraction of sp³-hybridized carbons (Fsp3) is 0.500. The van der Waals surface area contributed by atoms with Gasteiger partial charge >= 0.3 is 0 Å². The molecule has 2 rings (SSSR count). The van der Waals surface area contributed by atoms with Crippen molar-refractivity contribution in [1.82, 2.24) is 9.88 Å². The second-order valence-electron chi connectivity index (χ2n) is 4.27. The Morgan fingerprint density at radius 3 is 3.00 bits per heavy atom. The molecule has 5 heteroatoms. The summed E-state index contributed by atoms with van der Waals surface area (Å²) in [5, 5.41) is 10.00. The first-order valence-corrected chi connectivity index (χ1v) is 6.12. The Labute approximate surface area is 105 Å². The number of pyridine rings is 1. The van der Waals surface area contributed by atoms with Crippen LogP contribution in [0.1, 0.15) is 29.6 Å². The van der Waals surface area contributed by atoms with E-state index in [1.807, 2.05) is 0 Å². The van der Waals surface area contributed by atoms with E-state index in [0.717, 1.165) is 12.8 Å². The molecule has 1 aromatic rings. The zero-order valence-corrected chi connectivity index (χ0v) is 10.2. The minimum absolute atomic E-state index is 0.0610. The first-order valence-electron chi connectivity index (χ1n) is 5.74. The summed E-state index contributed by atoms with van der Waals surface area (Å²) in [6, 6.07) is 1.62. The summed E-state index contributed by atoms with van der Waals surface area (Å²) >= 11 is 5.81. The average Bonchev–Trinajstić information content (AvgIpc) is 2.53. The fourth-order valence-corrected chi connectivity index (χ4v) is 2.17. The molecule has 1 aromatic heterocycles. The van der Waals surface area contributed by atoms with E-state index in [9.17, 15) is 9.90 Å². The summed E-state index contributed by atoms with van der Waals surface area (Å²) in [5.74, 6) is -0.0610. The third-order valence-electron chi connectivity index (χ3n) is 2.94. The summed E-state index contributed by atoms with van der Waals surface area (Å²) in [4.78, 5) is 17.8. The van der Waals surface area contributed by atoms with Crippen LogP contribution in [0.3, 0.4) is 0 Å². The maximum atomic E-state index is 12.2. The molecule has 1 atom stereocenters. The van der Waals surface area contributed by atoms with Crippen LogP contribution in [0.2, 0.25) is 5.02 Å². The first kappa shape index (κ1) is 12.3. The van der Waals surface area contributed by atoms with Gasteiger partial charge in [-0.25, -0.2) is 0 Å². The standard InChI is InChI=1S/C12H15ClN2O2/c13-10-6-9(7-14-8-10)12(17)15-4-1-2-11(16)3-5-15/h6-8,11,16H,1-5H2/t11-/m1/s1. The quantitative estimate of drug-likeness (QED) is 0.830. The molecule has 0 aromatic carbocycles. The first-order chi connectivity index (χ1) is 8.16. The fourth-order valence-electron chi connectivity index (χ4n) is 1.99. The van der Waals surface area contributed by atoms with E-state index in [1.165, 1.54) is 12.4 Å². The van der Waals surface area contributed by atoms with Crippen molar-refractivity contribution in [3.63, 3.8) is 0 Å². The second-order valence-corrected chi connectivity index (χ2v) is 4.71. The number of rotatable bonds is 1. The van der Waals surface area contributed by atoms with E-state index in [-0.39, 0.29) is 12.0 Å². The highest BCUT2D eigenvalue weighted by molar-refractivity contribution is 6.30. The van der Waals surface area contributed by atoms with Crippen molar-refractivity contribution in [1.29, 1.82) is 0 Å². The molecule has 0 spiro atoms. The third kappa shape index (κ3) is 3.17. The van der Waals surface area contributed by atoms with Crippen molar-refractivity contribution in [2.45, 2.75) is 25.4 Å². The maximum absolute atomic E-state index is 12.2. The highest BCUT2D eigenvalue weighted by Gasteiger charge is 2.20. The summed E-state index contributed by atoms with van der Waals surface area (Å²) in [6.07, 6.45) is 4.98. The van der Waals surface area contributed by atoms with Crippen LogP contribution in [0.15, 0.2) is 18.5 Å². The Kier molecular flexibility index (Phi) is 3.97. The van der Waals surface area contributed by atoms with Crippen LogP contribution in [-0.2, 0) is 0 Å². The number of halogens is 1. The van der Waals surface area contributed by atoms with Gasteiger partial charge in [0.2, 0.25) is 0 Å². The SMILES string of the molecule is O=C(c1cncc(Cl)c1)N1CCC[C@@H](O)CC1. The molecule has 2 heterocycles. The molecular formula is C12H15ClN2O2. The van der Waals surface area contributed by atoms with Crippen LogP contribution in [0.5, 0.6) is 0 Å². The zero-order chi connectivity index (χ0) is 12.3. The molecule has 17 heavy (non-hydrogen) atoms. The van der Waals surface area contributed by atoms with Crippen LogP contribution in [0, 0.1) is 0 Å². The predicted octanol–water partition coefficient (Wildman–Crippen LogP) is 1.72. The van der Waals surface area contributed by atoms with Gasteiger partial charge < -0.3 is 10.0 Å². The Bertz CT molecular complexity index is 411. The molecule has 1 fully saturated rings. The minimum atomic E-state index is -0.287. The van der Waals surface area contributed by atoms with Crippen molar-refractivity contribution >= 4 is 17.5 Å². The largest absolute Gasteiger partial charge is 0.393 e. The Morgan fingerprint density at radius 2 is 2.24 bits per heavy atom. The molecule has 1 aliphatic rings. The highest BCUT2D eigenvalue weighted by atomic mass is 35.5. The lowest BCUT2D eigenvalue weighted by atomic mass is 10.2. The van der Waals surface area contributed by atoms with Crippen LogP contribution in [-0.4, -0.2) is 40.1 Å². The molecule has 0 aliphatic carbocycles. The third-order valence-corrected chi connectivity index (χ3v) is 3.14. The smallest absolute Gasteiger partial charge is 0.255 e. The number of aliphatic hydroxyl groups is 1. The van der Waals surface area contributed by atoms with Crippen LogP contribution in [0.4, 0.5) is 0 Å². The number of carbonyl (C=O) groups is 1. The summed E-state index contributed by atoms with van der Waals surface area (Å²) < 4.78 is 0. The number of hydrogen-bond donors (Lipinski definition) is 1. The number of hydrogen-bond acceptors (Lipinski definition) is 3. The molecule has 1 aliphatic heterocycles. The molecule has 0 radical (unpaired) electrons. The summed E-state index contributed by atoms with van der Waals surface area (Å²) in [5.41, 5.74) is 0.508. The van der Waals surface area contributed by atoms with Gasteiger partial charge in [0.15, 0.2) is 0 Å². The van der Waals surface area contributed by atoms with Crippen LogP contribution < -0.4 is 0 Å². The van der Waals surface area contributed by atoms with Gasteiger partial charge in [0.05, 0.1) is 16.7 Å². The number of aliphatic hydroxyl groups excluding tert-OH is 1. The van der Waals surface area contributed by atoms with Crippen molar-refractivity contribution < 1.29 is 9.90 Å². The Morgan fingerprint density at radius 1 is 1.41 bits per heavy atom. The Balaban J connectivity index is 2.09. The minimum Gasteiger partial charge on any atom is -0.393 e. The lowest BCUT2D eigenvalue weighted by molar-refractivity contribution is 0.0752. The summed E-state index contributed by atoms with van der Waals surface area (Å²) in [6.45, 7) is 1.27. The molecule has 0 bridgehead atoms. The van der Waals surface area contributed by atoms with E-state index in [0.29, 0.717) is 30.1 Å². The normalized spacial score (nSPS) is 21.1. The van der Waals surface area contributed by atoms with Crippen molar-refractivity contribution in [2.75, 3.05) is 13.1 Å². The van der Waals surface area contributed by atoms with Gasteiger partial charge in [-0.1, -0.05) is 11.6 Å². The van der Waals surface area contributed by atoms with Gasteiger partial charge in [-0.2, -0.15) is 0 Å². The van der Waals surface area contributed by atoms with Crippen molar-refractivity contribution in [3.05, 3.63) is 29.0 Å². The van der Waals surface area contributed by atoms with E-state index in [2.05, 4.69) is 4.98 Å². The molecule has 92 valence electrons. The van der Waals surface area contributed by atoms with Gasteiger partial charge in [0.25, 0.3) is 5.91 Å². The maximum Gasteiger partial charge on any atom is 0.255 e. The molecular weight excluding hydrogens is 240 g/mol. The monoisotopic (exact) mass is 254 g/mol. The predicted molar refractivity (Wildman–Crippen MR) is 65.0 cm³/mol. The molecule has 1 saturated heterocycles. The highest BCUT2D eigenvalue weighted by Crippen LogP contribution is 2.15. The summed E-state index contributed by atoms with van der Waals surface area (Å²) in [7, 11) is 0. The second kappa shape index (κ2) is 5.47. The molecule has 1 amide bonds. The van der Waals surface area contributed by atoms with Crippen LogP contribution in [0.25, 0.3) is 0 Å². The Hall–Kier alpha value is -1.13. The number of likely N-dealkylation sites (tertiary alicyclic amines) is 1. The van der Waals surface area contributed by atoms with Gasteiger partial charge in [-0.05, 0) is 25.3 Å². The van der Waals surface area contributed by atoms with E-state index < -0.39 is 0 Å². The van der Waals surface area contributed by atoms with Gasteiger partial charge in [0.1, 0.15) is 0 Å². The van der Waals surface area contributed by atoms with E-state index in [1.54, 1.807) is 11.0 Å². The number of amides is 1. The van der Waals surface area contributed by atoms with Gasteiger partial charge in [-0.3, -0.25) is 9.78 Å². The molecule has 0 unspecified atom stereocenters. The molecule has 1 N–H and O–H groups in total.